The van der Waals surface area contributed by atoms with E-state index in [0.717, 1.165) is 37.6 Å². The second-order valence-electron chi connectivity index (χ2n) is 4.25. The highest BCUT2D eigenvalue weighted by molar-refractivity contribution is 5.86. The van der Waals surface area contributed by atoms with Crippen molar-refractivity contribution in [1.82, 2.24) is 9.80 Å². The van der Waals surface area contributed by atoms with E-state index in [9.17, 15) is 0 Å². The van der Waals surface area contributed by atoms with E-state index >= 15 is 0 Å². The van der Waals surface area contributed by atoms with Gasteiger partial charge in [-0.25, -0.2) is 0 Å². The van der Waals surface area contributed by atoms with Crippen LogP contribution in [0.5, 0.6) is 0 Å². The molecule has 0 bridgehead atoms. The van der Waals surface area contributed by atoms with E-state index in [1.54, 1.807) is 0 Å². The highest BCUT2D eigenvalue weighted by atomic mass is 15.2. The van der Waals surface area contributed by atoms with Crippen molar-refractivity contribution in [1.29, 1.82) is 0 Å². The molecular formula is C14H23N3. The van der Waals surface area contributed by atoms with Crippen LogP contribution in [0.4, 0.5) is 0 Å². The summed E-state index contributed by atoms with van der Waals surface area (Å²) in [5.74, 6) is 1.07. The van der Waals surface area contributed by atoms with Gasteiger partial charge in [-0.05, 0) is 26.1 Å². The van der Waals surface area contributed by atoms with Crippen molar-refractivity contribution in [3.63, 3.8) is 0 Å². The molecule has 0 aliphatic carbocycles. The summed E-state index contributed by atoms with van der Waals surface area (Å²) in [5.41, 5.74) is 0.989. The molecule has 0 N–H and O–H groups in total. The van der Waals surface area contributed by atoms with Crippen LogP contribution in [-0.2, 0) is 0 Å². The average molecular weight is 233 g/mol. The van der Waals surface area contributed by atoms with E-state index in [-0.39, 0.29) is 0 Å². The molecule has 0 saturated heterocycles. The summed E-state index contributed by atoms with van der Waals surface area (Å²) in [6.07, 6.45) is 9.38. The minimum atomic E-state index is 0.748. The lowest BCUT2D eigenvalue weighted by molar-refractivity contribution is 0.389. The SMILES string of the molecule is C=C1/C=C\C/C=C\CN=C(CN(C)CC)N1C. The summed E-state index contributed by atoms with van der Waals surface area (Å²) in [5, 5.41) is 0. The van der Waals surface area contributed by atoms with Crippen molar-refractivity contribution in [2.75, 3.05) is 33.7 Å². The minimum absolute atomic E-state index is 0.748. The van der Waals surface area contributed by atoms with Crippen LogP contribution in [-0.4, -0.2) is 49.4 Å². The molecule has 1 rings (SSSR count). The van der Waals surface area contributed by atoms with E-state index in [1.165, 1.54) is 0 Å². The van der Waals surface area contributed by atoms with E-state index in [2.05, 4.69) is 59.6 Å². The van der Waals surface area contributed by atoms with Crippen LogP contribution >= 0.6 is 0 Å². The molecule has 1 aliphatic heterocycles. The van der Waals surface area contributed by atoms with Crippen LogP contribution in [0.1, 0.15) is 13.3 Å². The second kappa shape index (κ2) is 7.07. The van der Waals surface area contributed by atoms with Crippen LogP contribution in [0, 0.1) is 0 Å². The van der Waals surface area contributed by atoms with Crippen LogP contribution in [0.25, 0.3) is 0 Å². The maximum atomic E-state index is 4.62. The first kappa shape index (κ1) is 13.7. The number of hydrogen-bond acceptors (Lipinski definition) is 3. The number of nitrogens with zero attached hydrogens (tertiary/aromatic N) is 3. The summed E-state index contributed by atoms with van der Waals surface area (Å²) < 4.78 is 0. The Kier molecular flexibility index (Phi) is 5.70. The topological polar surface area (TPSA) is 18.8 Å². The molecule has 0 aromatic rings. The van der Waals surface area contributed by atoms with Gasteiger partial charge >= 0.3 is 0 Å². The first-order valence-corrected chi connectivity index (χ1v) is 6.11. The maximum Gasteiger partial charge on any atom is 0.118 e. The van der Waals surface area contributed by atoms with E-state index in [4.69, 9.17) is 0 Å². The molecule has 3 nitrogen and oxygen atoms in total. The summed E-state index contributed by atoms with van der Waals surface area (Å²) in [4.78, 5) is 8.93. The van der Waals surface area contributed by atoms with Gasteiger partial charge < -0.3 is 4.90 Å². The van der Waals surface area contributed by atoms with Gasteiger partial charge in [0.1, 0.15) is 5.84 Å². The first-order chi connectivity index (χ1) is 8.15. The zero-order chi connectivity index (χ0) is 12.7. The molecule has 0 unspecified atom stereocenters. The van der Waals surface area contributed by atoms with Gasteiger partial charge in [-0.15, -0.1) is 0 Å². The van der Waals surface area contributed by atoms with Crippen molar-refractivity contribution < 1.29 is 0 Å². The van der Waals surface area contributed by atoms with Crippen LogP contribution in [0.15, 0.2) is 41.6 Å². The number of amidine groups is 1. The van der Waals surface area contributed by atoms with Crippen LogP contribution < -0.4 is 0 Å². The van der Waals surface area contributed by atoms with E-state index in [0.29, 0.717) is 0 Å². The molecule has 0 fully saturated rings. The molecule has 0 amide bonds. The van der Waals surface area contributed by atoms with Crippen molar-refractivity contribution in [3.05, 3.63) is 36.6 Å². The molecule has 0 radical (unpaired) electrons. The molecule has 94 valence electrons. The Morgan fingerprint density at radius 1 is 1.41 bits per heavy atom. The van der Waals surface area contributed by atoms with Gasteiger partial charge in [-0.3, -0.25) is 9.89 Å². The Morgan fingerprint density at radius 2 is 2.18 bits per heavy atom. The largest absolute Gasteiger partial charge is 0.333 e. The summed E-state index contributed by atoms with van der Waals surface area (Å²) in [7, 11) is 4.13. The predicted octanol–water partition coefficient (Wildman–Crippen LogP) is 2.30. The Bertz CT molecular complexity index is 339. The highest BCUT2D eigenvalue weighted by Gasteiger charge is 2.10. The molecule has 1 aliphatic rings. The Hall–Kier alpha value is -1.35. The Balaban J connectivity index is 2.83. The molecule has 17 heavy (non-hydrogen) atoms. The fourth-order valence-electron chi connectivity index (χ4n) is 1.50. The normalized spacial score (nSPS) is 21.3. The molecule has 0 spiro atoms. The third-order valence-corrected chi connectivity index (χ3v) is 2.90. The zero-order valence-electron chi connectivity index (χ0n) is 11.2. The number of hydrogen-bond donors (Lipinski definition) is 0. The van der Waals surface area contributed by atoms with E-state index in [1.807, 2.05) is 7.05 Å². The second-order valence-corrected chi connectivity index (χ2v) is 4.25. The lowest BCUT2D eigenvalue weighted by Crippen LogP contribution is -2.36. The monoisotopic (exact) mass is 233 g/mol. The highest BCUT2D eigenvalue weighted by Crippen LogP contribution is 2.06. The fourth-order valence-corrected chi connectivity index (χ4v) is 1.50. The third-order valence-electron chi connectivity index (χ3n) is 2.90. The Labute approximate surface area is 105 Å². The quantitative estimate of drug-likeness (QED) is 0.697. The van der Waals surface area contributed by atoms with Gasteiger partial charge in [0.2, 0.25) is 0 Å². The van der Waals surface area contributed by atoms with Gasteiger partial charge in [-0.1, -0.05) is 31.7 Å². The van der Waals surface area contributed by atoms with Crippen molar-refractivity contribution in [2.24, 2.45) is 4.99 Å². The lowest BCUT2D eigenvalue weighted by atomic mass is 10.2. The predicted molar refractivity (Wildman–Crippen MR) is 75.3 cm³/mol. The van der Waals surface area contributed by atoms with Crippen molar-refractivity contribution in [2.45, 2.75) is 13.3 Å². The van der Waals surface area contributed by atoms with Crippen molar-refractivity contribution in [3.8, 4) is 0 Å². The molecule has 0 aromatic carbocycles. The van der Waals surface area contributed by atoms with Crippen LogP contribution in [0.2, 0.25) is 0 Å². The molecule has 3 heteroatoms. The zero-order valence-corrected chi connectivity index (χ0v) is 11.2. The minimum Gasteiger partial charge on any atom is -0.333 e. The van der Waals surface area contributed by atoms with Gasteiger partial charge in [0.15, 0.2) is 0 Å². The maximum absolute atomic E-state index is 4.62. The summed E-state index contributed by atoms with van der Waals surface area (Å²) >= 11 is 0. The first-order valence-electron chi connectivity index (χ1n) is 6.11. The number of likely N-dealkylation sites (N-methyl/N-ethyl adjacent to an activating group) is 2. The lowest BCUT2D eigenvalue weighted by Gasteiger charge is -2.25. The van der Waals surface area contributed by atoms with Gasteiger partial charge in [-0.2, -0.15) is 0 Å². The Morgan fingerprint density at radius 3 is 2.88 bits per heavy atom. The smallest absolute Gasteiger partial charge is 0.118 e. The molecule has 1 heterocycles. The third kappa shape index (κ3) is 4.57. The number of aliphatic imine (C=N–C) groups is 1. The number of rotatable bonds is 3. The fraction of sp³-hybridized carbons (Fsp3) is 0.500. The van der Waals surface area contributed by atoms with Gasteiger partial charge in [0.05, 0.1) is 13.1 Å². The molecule has 0 saturated carbocycles. The standard InChI is InChI=1S/C14H23N3/c1-5-16(3)12-14-15-11-9-7-6-8-10-13(2)17(14)4/h7-10H,2,5-6,11-12H2,1,3-4H3/b9-7-,10-8-,15-14?. The van der Waals surface area contributed by atoms with Crippen molar-refractivity contribution >= 4 is 5.84 Å². The van der Waals surface area contributed by atoms with E-state index < -0.39 is 0 Å². The number of allylic oxidation sites excluding steroid dienone is 3. The molecular weight excluding hydrogens is 210 g/mol. The van der Waals surface area contributed by atoms with Gasteiger partial charge in [0.25, 0.3) is 0 Å². The summed E-state index contributed by atoms with van der Waals surface area (Å²) in [6, 6.07) is 0. The molecule has 0 aromatic heterocycles. The summed E-state index contributed by atoms with van der Waals surface area (Å²) in [6.45, 7) is 8.84. The van der Waals surface area contributed by atoms with Crippen LogP contribution in [0.3, 0.4) is 0 Å². The molecule has 0 atom stereocenters. The average Bonchev–Trinajstić information content (AvgIpc) is 2.34. The van der Waals surface area contributed by atoms with Gasteiger partial charge in [0, 0.05) is 12.7 Å².